The molecule has 2 aliphatic heterocycles. The third-order valence-corrected chi connectivity index (χ3v) is 2.95. The smallest absolute Gasteiger partial charge is 0.505 e. The molecule has 0 saturated heterocycles. The van der Waals surface area contributed by atoms with Gasteiger partial charge in [-0.05, 0) is 0 Å². The van der Waals surface area contributed by atoms with Gasteiger partial charge in [0.2, 0.25) is 11.5 Å². The zero-order valence-electron chi connectivity index (χ0n) is 12.3. The first-order valence-electron chi connectivity index (χ1n) is 6.39. The van der Waals surface area contributed by atoms with E-state index in [4.69, 9.17) is 40.9 Å². The number of carbonyl (C=O) groups is 2. The summed E-state index contributed by atoms with van der Waals surface area (Å²) in [6.45, 7) is -1.34. The van der Waals surface area contributed by atoms with Gasteiger partial charge in [-0.3, -0.25) is 0 Å². The van der Waals surface area contributed by atoms with Crippen LogP contribution < -0.4 is 0 Å². The van der Waals surface area contributed by atoms with Crippen molar-refractivity contribution in [2.24, 2.45) is 0 Å². The Hall–Kier alpha value is -2.01. The van der Waals surface area contributed by atoms with Gasteiger partial charge >= 0.3 is 29.3 Å². The van der Waals surface area contributed by atoms with Gasteiger partial charge in [-0.2, -0.15) is 0 Å². The Balaban J connectivity index is 0.000000443. The Bertz CT molecular complexity index is 520. The molecule has 0 aliphatic carbocycles. The van der Waals surface area contributed by atoms with Crippen LogP contribution in [-0.2, 0) is 36.4 Å². The van der Waals surface area contributed by atoms with Crippen LogP contribution in [0.1, 0.15) is 0 Å². The number of rotatable bonds is 4. The fourth-order valence-electron chi connectivity index (χ4n) is 1.65. The van der Waals surface area contributed by atoms with E-state index in [2.05, 4.69) is 9.47 Å². The number of cyclic esters (lactones) is 2. The second-order valence-electron chi connectivity index (χ2n) is 4.62. The molecule has 2 aliphatic rings. The Morgan fingerprint density at radius 1 is 0.760 bits per heavy atom. The van der Waals surface area contributed by atoms with E-state index in [0.717, 1.165) is 0 Å². The van der Waals surface area contributed by atoms with Crippen LogP contribution in [0.5, 0.6) is 0 Å². The van der Waals surface area contributed by atoms with E-state index in [-0.39, 0.29) is 17.4 Å². The van der Waals surface area contributed by atoms with Crippen LogP contribution >= 0.6 is 0 Å². The topological polar surface area (TPSA) is 214 Å². The summed E-state index contributed by atoms with van der Waals surface area (Å²) >= 11 is 0. The molecule has 25 heavy (non-hydrogen) atoms. The summed E-state index contributed by atoms with van der Waals surface area (Å²) in [6.07, 6.45) is -5.55. The molecule has 4 atom stereocenters. The number of aliphatic hydroxyl groups is 8. The predicted molar refractivity (Wildman–Crippen MR) is 70.5 cm³/mol. The summed E-state index contributed by atoms with van der Waals surface area (Å²) in [5.74, 6) is -5.56. The molecule has 0 fully saturated rings. The van der Waals surface area contributed by atoms with Gasteiger partial charge in [0.15, 0.2) is 23.7 Å². The maximum Gasteiger partial charge on any atom is 2.00 e. The minimum absolute atomic E-state index is 0. The summed E-state index contributed by atoms with van der Waals surface area (Å²) < 4.78 is 8.63. The van der Waals surface area contributed by atoms with Crippen LogP contribution in [0.15, 0.2) is 23.0 Å². The summed E-state index contributed by atoms with van der Waals surface area (Å²) in [5.41, 5.74) is 0. The fraction of sp³-hybridized carbons (Fsp3) is 0.500. The number of aliphatic hydroxyl groups excluding tert-OH is 8. The third-order valence-electron chi connectivity index (χ3n) is 2.95. The SMILES string of the molecule is O=C1O[C@H]([C@@H](O)CO)C(O)=C1O.O=C1O[C@H]([C@@H](O)CO)C(O)=C1O.[Cr+2]. The second kappa shape index (κ2) is 9.47. The molecule has 0 spiro atoms. The first-order chi connectivity index (χ1) is 11.1. The first-order valence-corrected chi connectivity index (χ1v) is 6.39. The zero-order chi connectivity index (χ0) is 18.6. The van der Waals surface area contributed by atoms with Crippen molar-refractivity contribution in [1.29, 1.82) is 0 Å². The maximum absolute atomic E-state index is 10.5. The number of hydrogen-bond donors (Lipinski definition) is 8. The molecule has 0 radical (unpaired) electrons. The van der Waals surface area contributed by atoms with Crippen LogP contribution in [0, 0.1) is 0 Å². The van der Waals surface area contributed by atoms with Crippen molar-refractivity contribution < 1.29 is 77.3 Å². The Kier molecular flexibility index (Phi) is 8.71. The minimum Gasteiger partial charge on any atom is -0.505 e. The van der Waals surface area contributed by atoms with Gasteiger partial charge in [-0.25, -0.2) is 9.59 Å². The molecule has 0 aromatic rings. The van der Waals surface area contributed by atoms with Crippen molar-refractivity contribution in [2.45, 2.75) is 24.4 Å². The van der Waals surface area contributed by atoms with Gasteiger partial charge < -0.3 is 50.3 Å². The molecule has 8 N–H and O–H groups in total. The molecule has 0 aromatic carbocycles. The predicted octanol–water partition coefficient (Wildman–Crippen LogP) is -2.82. The average Bonchev–Trinajstić information content (AvgIpc) is 2.98. The van der Waals surface area contributed by atoms with E-state index in [9.17, 15) is 9.59 Å². The van der Waals surface area contributed by atoms with Crippen molar-refractivity contribution in [2.75, 3.05) is 13.2 Å². The molecule has 0 amide bonds. The molecule has 0 unspecified atom stereocenters. The van der Waals surface area contributed by atoms with Crippen LogP contribution in [0.4, 0.5) is 0 Å². The van der Waals surface area contributed by atoms with Crippen molar-refractivity contribution in [3.05, 3.63) is 23.0 Å². The summed E-state index contributed by atoms with van der Waals surface area (Å²) in [6, 6.07) is 0. The van der Waals surface area contributed by atoms with E-state index < -0.39 is 72.6 Å². The number of ether oxygens (including phenoxy) is 2. The monoisotopic (exact) mass is 404 g/mol. The molecule has 2 heterocycles. The maximum atomic E-state index is 10.5. The van der Waals surface area contributed by atoms with Crippen molar-refractivity contribution >= 4 is 11.9 Å². The van der Waals surface area contributed by atoms with Gasteiger partial charge in [0.25, 0.3) is 0 Å². The van der Waals surface area contributed by atoms with E-state index >= 15 is 0 Å². The van der Waals surface area contributed by atoms with E-state index in [1.165, 1.54) is 0 Å². The van der Waals surface area contributed by atoms with Gasteiger partial charge in [-0.15, -0.1) is 0 Å². The standard InChI is InChI=1S/2C6H8O6.Cr/c2*7-1-2(8)5-3(9)4(10)6(11)12-5;/h2*2,5,7-10H,1H2;/q;;+2/t2*2-,5+;/m00./s1. The molecule has 0 saturated carbocycles. The molecule has 2 rings (SSSR count). The zero-order valence-corrected chi connectivity index (χ0v) is 13.6. The molecule has 0 bridgehead atoms. The minimum atomic E-state index is -1.42. The summed E-state index contributed by atoms with van der Waals surface area (Å²) in [5, 5.41) is 70.1. The van der Waals surface area contributed by atoms with E-state index in [1.807, 2.05) is 0 Å². The van der Waals surface area contributed by atoms with E-state index in [0.29, 0.717) is 0 Å². The van der Waals surface area contributed by atoms with Gasteiger partial charge in [0.05, 0.1) is 13.2 Å². The van der Waals surface area contributed by atoms with Crippen molar-refractivity contribution in [1.82, 2.24) is 0 Å². The first kappa shape index (κ1) is 23.0. The Morgan fingerprint density at radius 3 is 1.20 bits per heavy atom. The molecule has 0 aromatic heterocycles. The third kappa shape index (κ3) is 4.98. The van der Waals surface area contributed by atoms with Gasteiger partial charge in [0, 0.05) is 0 Å². The van der Waals surface area contributed by atoms with Crippen molar-refractivity contribution in [3.8, 4) is 0 Å². The molecule has 140 valence electrons. The van der Waals surface area contributed by atoms with Crippen molar-refractivity contribution in [3.63, 3.8) is 0 Å². The summed E-state index contributed by atoms with van der Waals surface area (Å²) in [4.78, 5) is 21.1. The molecular formula is C12H16CrO12+2. The van der Waals surface area contributed by atoms with Crippen LogP contribution in [-0.4, -0.2) is 90.4 Å². The van der Waals surface area contributed by atoms with Gasteiger partial charge in [-0.1, -0.05) is 0 Å². The molecule has 13 heteroatoms. The molecular weight excluding hydrogens is 388 g/mol. The number of hydrogen-bond acceptors (Lipinski definition) is 12. The van der Waals surface area contributed by atoms with Crippen LogP contribution in [0.2, 0.25) is 0 Å². The fourth-order valence-corrected chi connectivity index (χ4v) is 1.65. The quantitative estimate of drug-likeness (QED) is 0.223. The molecule has 12 nitrogen and oxygen atoms in total. The normalized spacial score (nSPS) is 24.8. The Labute approximate surface area is 150 Å². The number of carbonyl (C=O) groups excluding carboxylic acids is 2. The average molecular weight is 404 g/mol. The van der Waals surface area contributed by atoms with E-state index in [1.54, 1.807) is 0 Å². The van der Waals surface area contributed by atoms with Gasteiger partial charge in [0.1, 0.15) is 12.2 Å². The second-order valence-corrected chi connectivity index (χ2v) is 4.62. The number of esters is 2. The Morgan fingerprint density at radius 2 is 1.04 bits per heavy atom. The largest absolute Gasteiger partial charge is 2.00 e. The van der Waals surface area contributed by atoms with Crippen LogP contribution in [0.25, 0.3) is 0 Å². The summed E-state index contributed by atoms with van der Waals surface area (Å²) in [7, 11) is 0. The van der Waals surface area contributed by atoms with Crippen LogP contribution in [0.3, 0.4) is 0 Å².